The zero-order valence-electron chi connectivity index (χ0n) is 11.6. The van der Waals surface area contributed by atoms with E-state index in [1.807, 2.05) is 6.07 Å². The van der Waals surface area contributed by atoms with Gasteiger partial charge < -0.3 is 15.2 Å². The Morgan fingerprint density at radius 2 is 2.25 bits per heavy atom. The molecule has 2 saturated carbocycles. The summed E-state index contributed by atoms with van der Waals surface area (Å²) >= 11 is 0. The lowest BCUT2D eigenvalue weighted by Gasteiger charge is -2.34. The van der Waals surface area contributed by atoms with Gasteiger partial charge in [0.05, 0.1) is 11.8 Å². The van der Waals surface area contributed by atoms with E-state index in [1.165, 1.54) is 12.8 Å². The van der Waals surface area contributed by atoms with Crippen molar-refractivity contribution in [1.82, 2.24) is 4.98 Å². The predicted octanol–water partition coefficient (Wildman–Crippen LogP) is 2.49. The van der Waals surface area contributed by atoms with Crippen molar-refractivity contribution < 1.29 is 14.6 Å². The number of methoxy groups -OCH3 is 1. The van der Waals surface area contributed by atoms with Crippen molar-refractivity contribution in [3.05, 3.63) is 23.5 Å². The lowest BCUT2D eigenvalue weighted by atomic mass is 9.82. The second-order valence-electron chi connectivity index (χ2n) is 5.82. The number of anilines is 1. The van der Waals surface area contributed by atoms with Crippen LogP contribution >= 0.6 is 0 Å². The summed E-state index contributed by atoms with van der Waals surface area (Å²) in [4.78, 5) is 15.3. The zero-order chi connectivity index (χ0) is 14.1. The van der Waals surface area contributed by atoms with Gasteiger partial charge in [-0.25, -0.2) is 9.78 Å². The molecule has 0 atom stereocenters. The number of nitrogens with zero attached hydrogens (tertiary/aromatic N) is 1. The van der Waals surface area contributed by atoms with E-state index in [-0.39, 0.29) is 5.69 Å². The molecule has 1 aromatic rings. The quantitative estimate of drug-likeness (QED) is 0.835. The zero-order valence-corrected chi connectivity index (χ0v) is 11.6. The largest absolute Gasteiger partial charge is 0.476 e. The molecule has 0 saturated heterocycles. The maximum absolute atomic E-state index is 11.2. The van der Waals surface area contributed by atoms with E-state index >= 15 is 0 Å². The predicted molar refractivity (Wildman–Crippen MR) is 75.2 cm³/mol. The number of rotatable bonds is 6. The van der Waals surface area contributed by atoms with E-state index in [1.54, 1.807) is 13.3 Å². The number of aromatic carboxylic acids is 1. The minimum atomic E-state index is -0.974. The molecule has 2 fully saturated rings. The summed E-state index contributed by atoms with van der Waals surface area (Å²) in [6.45, 7) is 0.788. The van der Waals surface area contributed by atoms with E-state index in [2.05, 4.69) is 10.3 Å². The highest BCUT2D eigenvalue weighted by Crippen LogP contribution is 2.41. The van der Waals surface area contributed by atoms with E-state index in [0.717, 1.165) is 24.9 Å². The lowest BCUT2D eigenvalue weighted by Crippen LogP contribution is -2.34. The van der Waals surface area contributed by atoms with Crippen LogP contribution in [0.15, 0.2) is 12.3 Å². The van der Waals surface area contributed by atoms with Crippen molar-refractivity contribution in [2.45, 2.75) is 37.7 Å². The van der Waals surface area contributed by atoms with Gasteiger partial charge in [0.2, 0.25) is 0 Å². The van der Waals surface area contributed by atoms with E-state index in [0.29, 0.717) is 23.6 Å². The number of nitrogens with one attached hydrogen (secondary N) is 1. The number of aromatic nitrogens is 1. The minimum Gasteiger partial charge on any atom is -0.476 e. The van der Waals surface area contributed by atoms with Crippen molar-refractivity contribution in [2.24, 2.45) is 5.92 Å². The lowest BCUT2D eigenvalue weighted by molar-refractivity contribution is 0.00561. The molecule has 108 valence electrons. The summed E-state index contributed by atoms with van der Waals surface area (Å²) < 4.78 is 5.25. The molecular weight excluding hydrogens is 256 g/mol. The van der Waals surface area contributed by atoms with Gasteiger partial charge in [-0.2, -0.15) is 0 Å². The maximum atomic E-state index is 11.2. The summed E-state index contributed by atoms with van der Waals surface area (Å²) in [5.41, 5.74) is 1.93. The third-order valence-corrected chi connectivity index (χ3v) is 4.27. The van der Waals surface area contributed by atoms with Crippen LogP contribution in [0.5, 0.6) is 0 Å². The molecule has 20 heavy (non-hydrogen) atoms. The normalized spacial score (nSPS) is 25.1. The van der Waals surface area contributed by atoms with Gasteiger partial charge in [0.25, 0.3) is 0 Å². The molecule has 2 N–H and O–H groups in total. The van der Waals surface area contributed by atoms with Crippen LogP contribution in [0.2, 0.25) is 0 Å². The standard InChI is InChI=1S/C15H20N2O3/c1-20-12-4-9(5-12)7-16-13-6-11(10-2-3-10)8-17-14(13)15(18)19/h6,8-10,12,16H,2-5,7H2,1H3,(H,18,19)/t9-,12+. The van der Waals surface area contributed by atoms with Crippen molar-refractivity contribution in [3.63, 3.8) is 0 Å². The monoisotopic (exact) mass is 276 g/mol. The molecule has 1 aromatic heterocycles. The van der Waals surface area contributed by atoms with Gasteiger partial charge in [-0.3, -0.25) is 0 Å². The Labute approximate surface area is 118 Å². The highest BCUT2D eigenvalue weighted by Gasteiger charge is 2.29. The summed E-state index contributed by atoms with van der Waals surface area (Å²) in [5, 5.41) is 12.5. The van der Waals surface area contributed by atoms with E-state index < -0.39 is 5.97 Å². The van der Waals surface area contributed by atoms with Gasteiger partial charge in [0.1, 0.15) is 0 Å². The second kappa shape index (κ2) is 5.40. The molecule has 2 aliphatic carbocycles. The fourth-order valence-electron chi connectivity index (χ4n) is 2.71. The van der Waals surface area contributed by atoms with E-state index in [4.69, 9.17) is 4.74 Å². The second-order valence-corrected chi connectivity index (χ2v) is 5.82. The van der Waals surface area contributed by atoms with Crippen LogP contribution in [0.1, 0.15) is 47.7 Å². The molecule has 5 heteroatoms. The van der Waals surface area contributed by atoms with Crippen molar-refractivity contribution in [3.8, 4) is 0 Å². The number of hydrogen-bond acceptors (Lipinski definition) is 4. The molecule has 3 rings (SSSR count). The van der Waals surface area contributed by atoms with Gasteiger partial charge in [0.15, 0.2) is 5.69 Å². The molecule has 5 nitrogen and oxygen atoms in total. The van der Waals surface area contributed by atoms with Crippen LogP contribution < -0.4 is 5.32 Å². The van der Waals surface area contributed by atoms with Crippen LogP contribution in [0, 0.1) is 5.92 Å². The molecule has 0 bridgehead atoms. The fourth-order valence-corrected chi connectivity index (χ4v) is 2.71. The number of pyridine rings is 1. The number of ether oxygens (including phenoxy) is 1. The first-order valence-corrected chi connectivity index (χ1v) is 7.17. The number of carbonyl (C=O) groups is 1. The molecule has 0 aromatic carbocycles. The smallest absolute Gasteiger partial charge is 0.356 e. The van der Waals surface area contributed by atoms with Crippen LogP contribution in [0.4, 0.5) is 5.69 Å². The highest BCUT2D eigenvalue weighted by atomic mass is 16.5. The minimum absolute atomic E-state index is 0.122. The molecule has 0 aliphatic heterocycles. The van der Waals surface area contributed by atoms with Gasteiger partial charge >= 0.3 is 5.97 Å². The van der Waals surface area contributed by atoms with Crippen molar-refractivity contribution >= 4 is 11.7 Å². The summed E-state index contributed by atoms with van der Waals surface area (Å²) in [5.74, 6) is 0.164. The van der Waals surface area contributed by atoms with Crippen molar-refractivity contribution in [1.29, 1.82) is 0 Å². The molecule has 0 radical (unpaired) electrons. The Bertz CT molecular complexity index is 508. The first kappa shape index (κ1) is 13.4. The van der Waals surface area contributed by atoms with Gasteiger partial charge in [-0.1, -0.05) is 0 Å². The first-order valence-electron chi connectivity index (χ1n) is 7.17. The van der Waals surface area contributed by atoms with Crippen LogP contribution in [0.3, 0.4) is 0 Å². The Morgan fingerprint density at radius 3 is 2.85 bits per heavy atom. The fraction of sp³-hybridized carbons (Fsp3) is 0.600. The number of carboxylic acids is 1. The molecule has 0 amide bonds. The number of carboxylic acid groups (broad SMARTS) is 1. The summed E-state index contributed by atoms with van der Waals surface area (Å²) in [6, 6.07) is 1.96. The Kier molecular flexibility index (Phi) is 3.61. The SMILES string of the molecule is CO[C@H]1C[C@@H](CNc2cc(C3CC3)cnc2C(=O)O)C1. The van der Waals surface area contributed by atoms with Crippen LogP contribution in [-0.2, 0) is 4.74 Å². The molecule has 2 aliphatic rings. The molecule has 0 unspecified atom stereocenters. The Morgan fingerprint density at radius 1 is 1.50 bits per heavy atom. The third kappa shape index (κ3) is 2.77. The topological polar surface area (TPSA) is 71.5 Å². The van der Waals surface area contributed by atoms with Gasteiger partial charge in [0, 0.05) is 19.9 Å². The molecule has 0 spiro atoms. The number of hydrogen-bond donors (Lipinski definition) is 2. The Hall–Kier alpha value is -1.62. The summed E-state index contributed by atoms with van der Waals surface area (Å²) in [7, 11) is 1.74. The first-order chi connectivity index (χ1) is 9.67. The average molecular weight is 276 g/mol. The van der Waals surface area contributed by atoms with Crippen LogP contribution in [-0.4, -0.2) is 35.8 Å². The van der Waals surface area contributed by atoms with Gasteiger partial charge in [-0.05, 0) is 49.1 Å². The van der Waals surface area contributed by atoms with E-state index in [9.17, 15) is 9.90 Å². The van der Waals surface area contributed by atoms with Crippen molar-refractivity contribution in [2.75, 3.05) is 19.0 Å². The molecule has 1 heterocycles. The Balaban J connectivity index is 1.66. The summed E-state index contributed by atoms with van der Waals surface area (Å²) in [6.07, 6.45) is 6.54. The van der Waals surface area contributed by atoms with Crippen LogP contribution in [0.25, 0.3) is 0 Å². The maximum Gasteiger partial charge on any atom is 0.356 e. The highest BCUT2D eigenvalue weighted by molar-refractivity contribution is 5.92. The van der Waals surface area contributed by atoms with Gasteiger partial charge in [-0.15, -0.1) is 0 Å². The third-order valence-electron chi connectivity index (χ3n) is 4.27. The molecular formula is C15H20N2O3. The average Bonchev–Trinajstić information content (AvgIpc) is 3.21.